The van der Waals surface area contributed by atoms with Gasteiger partial charge in [-0.3, -0.25) is 0 Å². The summed E-state index contributed by atoms with van der Waals surface area (Å²) in [5.41, 5.74) is 2.53. The van der Waals surface area contributed by atoms with Gasteiger partial charge in [0.1, 0.15) is 11.6 Å². The Balaban J connectivity index is 1.83. The van der Waals surface area contributed by atoms with E-state index in [1.165, 1.54) is 6.07 Å². The number of hydrogen-bond acceptors (Lipinski definition) is 7. The first kappa shape index (κ1) is 19.3. The normalized spacial score (nSPS) is 13.3. The third-order valence-corrected chi connectivity index (χ3v) is 4.73. The van der Waals surface area contributed by atoms with Crippen LogP contribution in [0.5, 0.6) is 17.2 Å². The van der Waals surface area contributed by atoms with E-state index in [9.17, 15) is 10.2 Å². The SMILES string of the molecule is OCC(O)CNc1cc(-c2cccc3c2OCO3)cc(-c2cc(Cl)ccc2O)n1. The van der Waals surface area contributed by atoms with Crippen molar-refractivity contribution in [3.63, 3.8) is 0 Å². The van der Waals surface area contributed by atoms with E-state index in [-0.39, 0.29) is 25.7 Å². The zero-order chi connectivity index (χ0) is 20.4. The van der Waals surface area contributed by atoms with Gasteiger partial charge in [0, 0.05) is 22.7 Å². The number of nitrogens with one attached hydrogen (secondary N) is 1. The number of aromatic nitrogens is 1. The van der Waals surface area contributed by atoms with Crippen LogP contribution in [0.1, 0.15) is 0 Å². The van der Waals surface area contributed by atoms with Crippen molar-refractivity contribution >= 4 is 17.4 Å². The molecule has 4 rings (SSSR count). The lowest BCUT2D eigenvalue weighted by Crippen LogP contribution is -2.23. The molecule has 0 spiro atoms. The Labute approximate surface area is 172 Å². The van der Waals surface area contributed by atoms with Gasteiger partial charge in [0.15, 0.2) is 11.5 Å². The summed E-state index contributed by atoms with van der Waals surface area (Å²) in [6, 6.07) is 13.9. The van der Waals surface area contributed by atoms with Gasteiger partial charge in [0.05, 0.1) is 18.4 Å². The number of fused-ring (bicyclic) bond motifs is 1. The summed E-state index contributed by atoms with van der Waals surface area (Å²) in [6.45, 7) is -0.112. The molecule has 8 heteroatoms. The Hall–Kier alpha value is -3.00. The number of aliphatic hydroxyl groups is 2. The third kappa shape index (κ3) is 4.07. The van der Waals surface area contributed by atoms with Crippen LogP contribution in [-0.2, 0) is 0 Å². The fourth-order valence-corrected chi connectivity index (χ4v) is 3.24. The van der Waals surface area contributed by atoms with Crippen LogP contribution in [-0.4, -0.2) is 46.4 Å². The second-order valence-electron chi connectivity index (χ2n) is 6.54. The van der Waals surface area contributed by atoms with Gasteiger partial charge >= 0.3 is 0 Å². The molecule has 0 amide bonds. The summed E-state index contributed by atoms with van der Waals surface area (Å²) >= 11 is 6.11. The summed E-state index contributed by atoms with van der Waals surface area (Å²) in [4.78, 5) is 4.54. The first-order chi connectivity index (χ1) is 14.0. The summed E-state index contributed by atoms with van der Waals surface area (Å²) < 4.78 is 11.1. The number of rotatable bonds is 6. The van der Waals surface area contributed by atoms with Gasteiger partial charge in [-0.05, 0) is 42.0 Å². The minimum absolute atomic E-state index is 0.0401. The Morgan fingerprint density at radius 3 is 2.79 bits per heavy atom. The monoisotopic (exact) mass is 414 g/mol. The molecule has 1 aliphatic heterocycles. The van der Waals surface area contributed by atoms with E-state index < -0.39 is 6.10 Å². The van der Waals surface area contributed by atoms with Crippen molar-refractivity contribution in [2.24, 2.45) is 0 Å². The lowest BCUT2D eigenvalue weighted by atomic mass is 10.0. The molecule has 2 heterocycles. The van der Waals surface area contributed by atoms with Crippen LogP contribution in [0, 0.1) is 0 Å². The van der Waals surface area contributed by atoms with Gasteiger partial charge in [0.25, 0.3) is 0 Å². The fourth-order valence-electron chi connectivity index (χ4n) is 3.07. The van der Waals surface area contributed by atoms with E-state index in [4.69, 9.17) is 26.2 Å². The maximum Gasteiger partial charge on any atom is 0.231 e. The molecule has 150 valence electrons. The van der Waals surface area contributed by atoms with Gasteiger partial charge in [-0.25, -0.2) is 4.98 Å². The minimum atomic E-state index is -0.929. The number of phenols is 1. The highest BCUT2D eigenvalue weighted by Crippen LogP contribution is 2.43. The van der Waals surface area contributed by atoms with Crippen LogP contribution in [0.2, 0.25) is 5.02 Å². The van der Waals surface area contributed by atoms with Crippen LogP contribution in [0.25, 0.3) is 22.4 Å². The van der Waals surface area contributed by atoms with E-state index in [0.29, 0.717) is 33.6 Å². The van der Waals surface area contributed by atoms with Crippen molar-refractivity contribution in [1.29, 1.82) is 0 Å². The molecular weight excluding hydrogens is 396 g/mol. The molecule has 0 saturated carbocycles. The molecule has 0 bridgehead atoms. The number of benzene rings is 2. The van der Waals surface area contributed by atoms with Crippen molar-refractivity contribution in [1.82, 2.24) is 4.98 Å². The Morgan fingerprint density at radius 2 is 1.97 bits per heavy atom. The molecule has 1 atom stereocenters. The molecule has 0 radical (unpaired) electrons. The number of phenolic OH excluding ortho intramolecular Hbond substituents is 1. The van der Waals surface area contributed by atoms with Gasteiger partial charge in [0.2, 0.25) is 6.79 Å². The topological polar surface area (TPSA) is 104 Å². The number of anilines is 1. The minimum Gasteiger partial charge on any atom is -0.507 e. The molecule has 4 N–H and O–H groups in total. The molecular formula is C21H19ClN2O5. The first-order valence-corrected chi connectivity index (χ1v) is 9.35. The lowest BCUT2D eigenvalue weighted by molar-refractivity contribution is 0.105. The zero-order valence-corrected chi connectivity index (χ0v) is 16.1. The molecule has 3 aromatic rings. The van der Waals surface area contributed by atoms with Crippen LogP contribution in [0.15, 0.2) is 48.5 Å². The van der Waals surface area contributed by atoms with Crippen molar-refractivity contribution in [2.75, 3.05) is 25.3 Å². The van der Waals surface area contributed by atoms with Crippen LogP contribution in [0.3, 0.4) is 0 Å². The van der Waals surface area contributed by atoms with Gasteiger partial charge in [-0.15, -0.1) is 0 Å². The van der Waals surface area contributed by atoms with Crippen LogP contribution >= 0.6 is 11.6 Å². The van der Waals surface area contributed by atoms with E-state index in [2.05, 4.69) is 10.3 Å². The average molecular weight is 415 g/mol. The number of pyridine rings is 1. The standard InChI is InChI=1S/C21H19ClN2O5/c22-13-4-5-18(27)16(8-13)17-6-12(7-20(24-17)23-9-14(26)10-25)15-2-1-3-19-21(15)29-11-28-19/h1-8,14,25-27H,9-11H2,(H,23,24). The predicted molar refractivity (Wildman–Crippen MR) is 109 cm³/mol. The Kier molecular flexibility index (Phi) is 5.44. The summed E-state index contributed by atoms with van der Waals surface area (Å²) in [5, 5.41) is 32.5. The molecule has 2 aromatic carbocycles. The van der Waals surface area contributed by atoms with E-state index in [1.54, 1.807) is 18.2 Å². The molecule has 29 heavy (non-hydrogen) atoms. The van der Waals surface area contributed by atoms with Crippen molar-refractivity contribution in [3.8, 4) is 39.6 Å². The third-order valence-electron chi connectivity index (χ3n) is 4.50. The molecule has 7 nitrogen and oxygen atoms in total. The van der Waals surface area contributed by atoms with E-state index in [1.807, 2.05) is 24.3 Å². The summed E-state index contributed by atoms with van der Waals surface area (Å²) in [5.74, 6) is 1.78. The number of hydrogen-bond donors (Lipinski definition) is 4. The Bertz CT molecular complexity index is 1040. The molecule has 0 fully saturated rings. The second-order valence-corrected chi connectivity index (χ2v) is 6.98. The molecule has 1 aromatic heterocycles. The van der Waals surface area contributed by atoms with Gasteiger partial charge in [-0.1, -0.05) is 23.7 Å². The number of halogens is 1. The van der Waals surface area contributed by atoms with Crippen molar-refractivity contribution in [2.45, 2.75) is 6.10 Å². The number of para-hydroxylation sites is 1. The second kappa shape index (κ2) is 8.16. The maximum absolute atomic E-state index is 10.3. The van der Waals surface area contributed by atoms with Crippen molar-refractivity contribution < 1.29 is 24.8 Å². The Morgan fingerprint density at radius 1 is 1.10 bits per heavy atom. The zero-order valence-electron chi connectivity index (χ0n) is 15.3. The number of ether oxygens (including phenoxy) is 2. The molecule has 0 aliphatic carbocycles. The fraction of sp³-hybridized carbons (Fsp3) is 0.190. The molecule has 0 saturated heterocycles. The van der Waals surface area contributed by atoms with Crippen molar-refractivity contribution in [3.05, 3.63) is 53.6 Å². The largest absolute Gasteiger partial charge is 0.507 e. The molecule has 1 aliphatic rings. The number of aromatic hydroxyl groups is 1. The van der Waals surface area contributed by atoms with Crippen LogP contribution in [0.4, 0.5) is 5.82 Å². The number of aliphatic hydroxyl groups excluding tert-OH is 2. The summed E-state index contributed by atoms with van der Waals surface area (Å²) in [6.07, 6.45) is -0.929. The molecule has 1 unspecified atom stereocenters. The highest BCUT2D eigenvalue weighted by Gasteiger charge is 2.20. The van der Waals surface area contributed by atoms with Gasteiger partial charge in [-0.2, -0.15) is 0 Å². The maximum atomic E-state index is 10.3. The highest BCUT2D eigenvalue weighted by atomic mass is 35.5. The summed E-state index contributed by atoms with van der Waals surface area (Å²) in [7, 11) is 0. The van der Waals surface area contributed by atoms with E-state index in [0.717, 1.165) is 11.1 Å². The quantitative estimate of drug-likeness (QED) is 0.490. The van der Waals surface area contributed by atoms with Gasteiger partial charge < -0.3 is 30.1 Å². The average Bonchev–Trinajstić information content (AvgIpc) is 3.22. The van der Waals surface area contributed by atoms with E-state index >= 15 is 0 Å². The predicted octanol–water partition coefficient (Wildman–Crippen LogP) is 3.27. The smallest absolute Gasteiger partial charge is 0.231 e. The first-order valence-electron chi connectivity index (χ1n) is 8.98. The van der Waals surface area contributed by atoms with Crippen LogP contribution < -0.4 is 14.8 Å². The number of nitrogens with zero attached hydrogens (tertiary/aromatic N) is 1. The lowest BCUT2D eigenvalue weighted by Gasteiger charge is -2.14. The highest BCUT2D eigenvalue weighted by molar-refractivity contribution is 6.31.